The minimum atomic E-state index is -1.40. The molecule has 2 spiro atoms. The summed E-state index contributed by atoms with van der Waals surface area (Å²) >= 11 is 0. The molecule has 3 N–H and O–H groups in total. The van der Waals surface area contributed by atoms with Gasteiger partial charge >= 0.3 is 30.1 Å². The van der Waals surface area contributed by atoms with E-state index in [0.29, 0.717) is 12.8 Å². The number of esters is 3. The highest BCUT2D eigenvalue weighted by molar-refractivity contribution is 5.79. The lowest BCUT2D eigenvalue weighted by molar-refractivity contribution is -0.221. The third-order valence-electron chi connectivity index (χ3n) is 16.1. The maximum atomic E-state index is 14.0. The maximum absolute atomic E-state index is 14.0. The number of carbonyl (C=O) groups excluding carboxylic acids is 5. The summed E-state index contributed by atoms with van der Waals surface area (Å²) in [6.07, 6.45) is 2.44. The fraction of sp³-hybridized carbons (Fsp3) is 0.891. The average Bonchev–Trinajstić information content (AvgIpc) is 3.71. The minimum Gasteiger partial charge on any atom is -0.460 e. The van der Waals surface area contributed by atoms with Gasteiger partial charge in [-0.3, -0.25) is 14.4 Å². The molecule has 340 valence electrons. The number of alkyl carbamates (subject to hydrolysis) is 2. The van der Waals surface area contributed by atoms with E-state index in [4.69, 9.17) is 28.4 Å². The van der Waals surface area contributed by atoms with Crippen molar-refractivity contribution in [2.45, 2.75) is 196 Å². The fourth-order valence-electron chi connectivity index (χ4n) is 14.0. The quantitative estimate of drug-likeness (QED) is 0.160. The van der Waals surface area contributed by atoms with Crippen LogP contribution in [0.15, 0.2) is 0 Å². The van der Waals surface area contributed by atoms with Gasteiger partial charge in [0.25, 0.3) is 0 Å². The van der Waals surface area contributed by atoms with Gasteiger partial charge in [0, 0.05) is 17.8 Å². The Hall–Kier alpha value is -3.13. The number of hydrogen-bond donors (Lipinski definition) is 3. The number of aliphatic hydroxyl groups is 1. The van der Waals surface area contributed by atoms with E-state index in [9.17, 15) is 29.1 Å². The SMILES string of the molecule is CC(=O)OC(C1C[C@@H](C)C2C(O1)[C@H](OC(=O)CNC(=O)OC(C)(C)C)[C@@]1(C)C3CC[C@H]4C(C)(C)C(OC(=O)CNC(=O)OC(C)(C)C)CCC45CC35CCC21C)C(C)(C)O. The predicted molar refractivity (Wildman–Crippen MR) is 220 cm³/mol. The lowest BCUT2D eigenvalue weighted by atomic mass is 9.41. The molecule has 60 heavy (non-hydrogen) atoms. The molecule has 1 heterocycles. The van der Waals surface area contributed by atoms with Crippen LogP contribution < -0.4 is 10.6 Å². The standard InChI is InChI=1S/C46H74N2O12/c1-25-21-27(35(42(11,12)54)55-26(2)49)56-34-33(25)43(13)19-20-46-24-45(46)18-17-30(57-31(50)22-47-37(52)59-39(3,4)5)41(9,10)28(45)15-16-29(46)44(43,14)36(34)58-32(51)23-48-38(53)60-40(6,7)8/h25,27-30,33-36,54H,15-24H2,1-14H3,(H,47,52)(H,48,53)/t25-,27?,28+,29?,30?,33?,34?,35?,36+,43?,44-,45?,46?/m1/s1. The largest absolute Gasteiger partial charge is 0.460 e. The number of carbonyl (C=O) groups is 5. The van der Waals surface area contributed by atoms with Crippen molar-refractivity contribution >= 4 is 30.1 Å². The van der Waals surface area contributed by atoms with Gasteiger partial charge in [0.05, 0.1) is 17.8 Å². The number of ether oxygens (including phenoxy) is 6. The van der Waals surface area contributed by atoms with Crippen molar-refractivity contribution in [3.63, 3.8) is 0 Å². The second-order valence-electron chi connectivity index (χ2n) is 22.9. The molecule has 6 fully saturated rings. The van der Waals surface area contributed by atoms with Gasteiger partial charge < -0.3 is 44.2 Å². The van der Waals surface area contributed by atoms with Gasteiger partial charge in [0.2, 0.25) is 0 Å². The smallest absolute Gasteiger partial charge is 0.408 e. The fourth-order valence-corrected chi connectivity index (χ4v) is 14.0. The molecule has 0 bridgehead atoms. The van der Waals surface area contributed by atoms with Gasteiger partial charge in [-0.05, 0) is 147 Å². The number of fused-ring (bicyclic) bond motifs is 4. The highest BCUT2D eigenvalue weighted by Gasteiger charge is 2.85. The van der Waals surface area contributed by atoms with Crippen molar-refractivity contribution in [2.24, 2.45) is 50.7 Å². The molecule has 5 aliphatic carbocycles. The van der Waals surface area contributed by atoms with Gasteiger partial charge in [-0.15, -0.1) is 0 Å². The monoisotopic (exact) mass is 847 g/mol. The van der Waals surface area contributed by atoms with E-state index in [1.807, 2.05) is 0 Å². The maximum Gasteiger partial charge on any atom is 0.408 e. The molecule has 1 aliphatic heterocycles. The van der Waals surface area contributed by atoms with Crippen LogP contribution >= 0.6 is 0 Å². The summed E-state index contributed by atoms with van der Waals surface area (Å²) in [6, 6.07) is 0. The lowest BCUT2D eigenvalue weighted by Gasteiger charge is -2.63. The Morgan fingerprint density at radius 2 is 1.30 bits per heavy atom. The molecule has 6 rings (SSSR count). The normalized spacial score (nSPS) is 39.5. The van der Waals surface area contributed by atoms with Gasteiger partial charge in [-0.2, -0.15) is 0 Å². The summed E-state index contributed by atoms with van der Waals surface area (Å²) < 4.78 is 36.3. The zero-order valence-corrected chi connectivity index (χ0v) is 38.7. The Bertz CT molecular complexity index is 1710. The van der Waals surface area contributed by atoms with E-state index in [0.717, 1.165) is 38.5 Å². The Morgan fingerprint density at radius 1 is 0.767 bits per heavy atom. The molecule has 6 aliphatic rings. The molecule has 14 heteroatoms. The van der Waals surface area contributed by atoms with Crippen molar-refractivity contribution < 1.29 is 57.5 Å². The van der Waals surface area contributed by atoms with Crippen LogP contribution in [-0.2, 0) is 42.8 Å². The first-order valence-electron chi connectivity index (χ1n) is 22.3. The van der Waals surface area contributed by atoms with Crippen LogP contribution in [0.3, 0.4) is 0 Å². The molecule has 0 aromatic carbocycles. The summed E-state index contributed by atoms with van der Waals surface area (Å²) in [5, 5.41) is 16.4. The second-order valence-corrected chi connectivity index (χ2v) is 22.9. The van der Waals surface area contributed by atoms with E-state index in [2.05, 4.69) is 45.3 Å². The molecule has 0 radical (unpaired) electrons. The van der Waals surface area contributed by atoms with Crippen molar-refractivity contribution in [3.05, 3.63) is 0 Å². The number of amides is 2. The first-order valence-corrected chi connectivity index (χ1v) is 22.3. The van der Waals surface area contributed by atoms with E-state index >= 15 is 0 Å². The Balaban J connectivity index is 1.29. The molecule has 2 amide bonds. The first kappa shape index (κ1) is 46.4. The predicted octanol–water partition coefficient (Wildman–Crippen LogP) is 7.01. The minimum absolute atomic E-state index is 0.000741. The molecular formula is C46H74N2O12. The van der Waals surface area contributed by atoms with E-state index in [1.54, 1.807) is 55.4 Å². The zero-order chi connectivity index (χ0) is 44.8. The van der Waals surface area contributed by atoms with Gasteiger partial charge in [-0.25, -0.2) is 9.59 Å². The average molecular weight is 847 g/mol. The lowest BCUT2D eigenvalue weighted by Crippen LogP contribution is -2.60. The number of nitrogens with one attached hydrogen (secondary N) is 2. The number of hydrogen-bond acceptors (Lipinski definition) is 12. The summed E-state index contributed by atoms with van der Waals surface area (Å²) in [5.41, 5.74) is -3.98. The molecule has 1 saturated heterocycles. The van der Waals surface area contributed by atoms with Crippen LogP contribution in [0.1, 0.15) is 148 Å². The topological polar surface area (TPSA) is 185 Å². The Morgan fingerprint density at radius 3 is 1.83 bits per heavy atom. The molecule has 5 saturated carbocycles. The second kappa shape index (κ2) is 15.3. The van der Waals surface area contributed by atoms with Crippen molar-refractivity contribution in [1.29, 1.82) is 0 Å². The van der Waals surface area contributed by atoms with Crippen molar-refractivity contribution in [2.75, 3.05) is 13.1 Å². The van der Waals surface area contributed by atoms with Gasteiger partial charge in [-0.1, -0.05) is 34.6 Å². The van der Waals surface area contributed by atoms with E-state index in [-0.39, 0.29) is 64.5 Å². The third-order valence-corrected chi connectivity index (χ3v) is 16.1. The third kappa shape index (κ3) is 8.02. The van der Waals surface area contributed by atoms with Gasteiger partial charge in [0.15, 0.2) is 6.10 Å². The summed E-state index contributed by atoms with van der Waals surface area (Å²) in [5.74, 6) is -1.03. The van der Waals surface area contributed by atoms with Crippen molar-refractivity contribution in [1.82, 2.24) is 10.6 Å². The zero-order valence-electron chi connectivity index (χ0n) is 38.7. The highest BCUT2D eigenvalue weighted by Crippen LogP contribution is 2.89. The van der Waals surface area contributed by atoms with Crippen LogP contribution in [0.4, 0.5) is 9.59 Å². The summed E-state index contributed by atoms with van der Waals surface area (Å²) in [4.78, 5) is 64.4. The van der Waals surface area contributed by atoms with Crippen LogP contribution in [0, 0.1) is 50.7 Å². The van der Waals surface area contributed by atoms with Crippen LogP contribution in [0.2, 0.25) is 0 Å². The highest BCUT2D eigenvalue weighted by atomic mass is 16.6. The number of rotatable bonds is 9. The molecule has 14 nitrogen and oxygen atoms in total. The molecule has 0 aromatic heterocycles. The van der Waals surface area contributed by atoms with E-state index in [1.165, 1.54) is 6.92 Å². The molecular weight excluding hydrogens is 773 g/mol. The summed E-state index contributed by atoms with van der Waals surface area (Å²) in [7, 11) is 0. The van der Waals surface area contributed by atoms with Crippen LogP contribution in [0.5, 0.6) is 0 Å². The Labute approximate surface area is 357 Å². The molecule has 0 aromatic rings. The first-order chi connectivity index (χ1) is 27.4. The van der Waals surface area contributed by atoms with Crippen LogP contribution in [-0.4, -0.2) is 95.6 Å². The van der Waals surface area contributed by atoms with Crippen molar-refractivity contribution in [3.8, 4) is 0 Å². The van der Waals surface area contributed by atoms with Crippen LogP contribution in [0.25, 0.3) is 0 Å². The van der Waals surface area contributed by atoms with Gasteiger partial charge in [0.1, 0.15) is 36.5 Å². The Kier molecular flexibility index (Phi) is 11.8. The molecule has 13 atom stereocenters. The summed E-state index contributed by atoms with van der Waals surface area (Å²) in [6.45, 7) is 25.8. The molecule has 9 unspecified atom stereocenters. The van der Waals surface area contributed by atoms with E-state index < -0.39 is 76.7 Å².